The van der Waals surface area contributed by atoms with Gasteiger partial charge in [0.1, 0.15) is 5.15 Å². The number of rotatable bonds is 13. The lowest BCUT2D eigenvalue weighted by molar-refractivity contribution is 0.0970. The van der Waals surface area contributed by atoms with Gasteiger partial charge in [0.05, 0.1) is 39.3 Å². The first-order valence-corrected chi connectivity index (χ1v) is 14.9. The molecule has 2 aliphatic carbocycles. The van der Waals surface area contributed by atoms with E-state index in [2.05, 4.69) is 15.9 Å². The average Bonchev–Trinajstić information content (AvgIpc) is 3.92. The standard InChI is InChI=1S/C18H18ClNO4.C13H15BrO3/c1-23-16-5-4-13(8-17(16)24-11-12-2-3-12)15(22)10-20-7-6-14(21)9-18(20)19;1-16-12-5-4-10(11(15)7-14)6-13(12)17-8-9-2-3-9/h4-9,12H,2-3,10-11H2,1H3;4-6,9H,2-3,7-8H2,1H3. The number of pyridine rings is 1. The van der Waals surface area contributed by atoms with Crippen molar-refractivity contribution in [3.63, 3.8) is 0 Å². The van der Waals surface area contributed by atoms with Crippen molar-refractivity contribution in [3.8, 4) is 23.0 Å². The average molecular weight is 647 g/mol. The lowest BCUT2D eigenvalue weighted by Gasteiger charge is -2.13. The van der Waals surface area contributed by atoms with Crippen molar-refractivity contribution in [3.05, 3.63) is 81.2 Å². The largest absolute Gasteiger partial charge is 0.493 e. The predicted molar refractivity (Wildman–Crippen MR) is 161 cm³/mol. The molecule has 41 heavy (non-hydrogen) atoms. The third-order valence-corrected chi connectivity index (χ3v) is 7.54. The number of alkyl halides is 1. The van der Waals surface area contributed by atoms with E-state index in [4.69, 9.17) is 30.5 Å². The zero-order valence-corrected chi connectivity index (χ0v) is 25.4. The summed E-state index contributed by atoms with van der Waals surface area (Å²) in [6.45, 7) is 1.40. The van der Waals surface area contributed by atoms with Gasteiger partial charge in [-0.3, -0.25) is 14.4 Å². The first kappa shape index (κ1) is 30.7. The van der Waals surface area contributed by atoms with Crippen LogP contribution in [0.15, 0.2) is 59.5 Å². The van der Waals surface area contributed by atoms with Crippen molar-refractivity contribution in [2.75, 3.05) is 32.8 Å². The topological polar surface area (TPSA) is 93.1 Å². The summed E-state index contributed by atoms with van der Waals surface area (Å²) in [5, 5.41) is 0.552. The molecule has 0 saturated heterocycles. The zero-order valence-electron chi connectivity index (χ0n) is 23.1. The number of ether oxygens (including phenoxy) is 4. The first-order chi connectivity index (χ1) is 19.8. The smallest absolute Gasteiger partial charge is 0.183 e. The van der Waals surface area contributed by atoms with Gasteiger partial charge >= 0.3 is 0 Å². The van der Waals surface area contributed by atoms with Crippen LogP contribution in [0.5, 0.6) is 23.0 Å². The fourth-order valence-corrected chi connectivity index (χ4v) is 4.39. The highest BCUT2D eigenvalue weighted by molar-refractivity contribution is 9.09. The number of carbonyl (C=O) groups excluding carboxylic acids is 2. The number of hydrogen-bond donors (Lipinski definition) is 0. The van der Waals surface area contributed by atoms with Crippen LogP contribution in [0.4, 0.5) is 0 Å². The van der Waals surface area contributed by atoms with Gasteiger partial charge in [-0.2, -0.15) is 0 Å². The minimum atomic E-state index is -0.191. The number of Topliss-reactive ketones (excluding diaryl/α,β-unsaturated/α-hetero) is 2. The van der Waals surface area contributed by atoms with E-state index in [0.29, 0.717) is 64.5 Å². The molecule has 8 nitrogen and oxygen atoms in total. The molecule has 0 radical (unpaired) electrons. The molecule has 1 heterocycles. The Morgan fingerprint density at radius 1 is 0.805 bits per heavy atom. The van der Waals surface area contributed by atoms with Gasteiger partial charge in [-0.05, 0) is 73.9 Å². The van der Waals surface area contributed by atoms with Gasteiger partial charge in [0.15, 0.2) is 40.0 Å². The second kappa shape index (κ2) is 14.5. The van der Waals surface area contributed by atoms with E-state index < -0.39 is 0 Å². The summed E-state index contributed by atoms with van der Waals surface area (Å²) in [5.74, 6) is 3.71. The summed E-state index contributed by atoms with van der Waals surface area (Å²) in [6, 6.07) is 13.1. The summed E-state index contributed by atoms with van der Waals surface area (Å²) in [7, 11) is 3.17. The lowest BCUT2D eigenvalue weighted by atomic mass is 10.1. The molecule has 2 fully saturated rings. The van der Waals surface area contributed by atoms with Gasteiger partial charge < -0.3 is 23.5 Å². The first-order valence-electron chi connectivity index (χ1n) is 13.4. The Labute approximate surface area is 252 Å². The Hall–Kier alpha value is -3.30. The third-order valence-electron chi connectivity index (χ3n) is 6.70. The normalized spacial score (nSPS) is 14.0. The Kier molecular flexibility index (Phi) is 10.9. The number of aromatic nitrogens is 1. The molecule has 2 saturated carbocycles. The van der Waals surface area contributed by atoms with Gasteiger partial charge in [-0.15, -0.1) is 0 Å². The number of halogens is 2. The highest BCUT2D eigenvalue weighted by Gasteiger charge is 2.24. The highest BCUT2D eigenvalue weighted by atomic mass is 79.9. The number of methoxy groups -OCH3 is 2. The Balaban J connectivity index is 0.000000201. The molecule has 0 amide bonds. The van der Waals surface area contributed by atoms with Crippen molar-refractivity contribution < 1.29 is 28.5 Å². The van der Waals surface area contributed by atoms with E-state index in [0.717, 1.165) is 0 Å². The van der Waals surface area contributed by atoms with E-state index in [1.807, 2.05) is 0 Å². The summed E-state index contributed by atoms with van der Waals surface area (Å²) < 4.78 is 23.5. The van der Waals surface area contributed by atoms with Crippen molar-refractivity contribution in [1.82, 2.24) is 4.57 Å². The molecule has 0 unspecified atom stereocenters. The Morgan fingerprint density at radius 2 is 1.32 bits per heavy atom. The quantitative estimate of drug-likeness (QED) is 0.123. The van der Waals surface area contributed by atoms with Crippen LogP contribution < -0.4 is 24.4 Å². The molecule has 2 aliphatic rings. The molecule has 2 aromatic carbocycles. The van der Waals surface area contributed by atoms with Crippen LogP contribution in [-0.4, -0.2) is 48.9 Å². The van der Waals surface area contributed by atoms with Crippen LogP contribution in [0, 0.1) is 11.8 Å². The Bertz CT molecular complexity index is 1430. The van der Waals surface area contributed by atoms with E-state index in [1.165, 1.54) is 48.6 Å². The van der Waals surface area contributed by atoms with E-state index in [9.17, 15) is 14.4 Å². The van der Waals surface area contributed by atoms with Crippen LogP contribution in [0.1, 0.15) is 46.4 Å². The highest BCUT2D eigenvalue weighted by Crippen LogP contribution is 2.34. The van der Waals surface area contributed by atoms with Crippen molar-refractivity contribution >= 4 is 39.1 Å². The molecule has 218 valence electrons. The second-order valence-electron chi connectivity index (χ2n) is 10.0. The van der Waals surface area contributed by atoms with Crippen molar-refractivity contribution in [2.24, 2.45) is 11.8 Å². The summed E-state index contributed by atoms with van der Waals surface area (Å²) in [6.07, 6.45) is 6.36. The number of nitrogens with zero attached hydrogens (tertiary/aromatic N) is 1. The molecule has 5 rings (SSSR count). The van der Waals surface area contributed by atoms with E-state index >= 15 is 0 Å². The number of hydrogen-bond acceptors (Lipinski definition) is 7. The molecule has 0 atom stereocenters. The van der Waals surface area contributed by atoms with Gasteiger partial charge in [0, 0.05) is 29.5 Å². The fraction of sp³-hybridized carbons (Fsp3) is 0.387. The molecule has 3 aromatic rings. The fourth-order valence-electron chi connectivity index (χ4n) is 3.84. The molecular weight excluding hydrogens is 614 g/mol. The summed E-state index contributed by atoms with van der Waals surface area (Å²) >= 11 is 9.16. The van der Waals surface area contributed by atoms with E-state index in [1.54, 1.807) is 50.6 Å². The van der Waals surface area contributed by atoms with Crippen LogP contribution in [0.3, 0.4) is 0 Å². The minimum Gasteiger partial charge on any atom is -0.493 e. The SMILES string of the molecule is COc1ccc(C(=O)CBr)cc1OCC1CC1.COc1ccc(C(=O)Cn2ccc(=O)cc2Cl)cc1OCC1CC1. The maximum Gasteiger partial charge on any atom is 0.183 e. The van der Waals surface area contributed by atoms with Crippen LogP contribution in [0.25, 0.3) is 0 Å². The Morgan fingerprint density at radius 3 is 1.76 bits per heavy atom. The lowest BCUT2D eigenvalue weighted by Crippen LogP contribution is -2.14. The maximum absolute atomic E-state index is 12.5. The van der Waals surface area contributed by atoms with Gasteiger partial charge in [0.2, 0.25) is 0 Å². The molecule has 0 spiro atoms. The molecule has 0 N–H and O–H groups in total. The predicted octanol–water partition coefficient (Wildman–Crippen LogP) is 6.24. The number of ketones is 2. The second-order valence-corrected chi connectivity index (χ2v) is 11.0. The molecule has 0 aliphatic heterocycles. The monoisotopic (exact) mass is 645 g/mol. The maximum atomic E-state index is 12.5. The minimum absolute atomic E-state index is 0.0453. The van der Waals surface area contributed by atoms with Gasteiger partial charge in [-0.25, -0.2) is 0 Å². The van der Waals surface area contributed by atoms with Crippen LogP contribution in [0.2, 0.25) is 5.15 Å². The number of carbonyl (C=O) groups is 2. The van der Waals surface area contributed by atoms with Crippen LogP contribution >= 0.6 is 27.5 Å². The zero-order chi connectivity index (χ0) is 29.4. The van der Waals surface area contributed by atoms with Crippen molar-refractivity contribution in [2.45, 2.75) is 32.2 Å². The van der Waals surface area contributed by atoms with Gasteiger partial charge in [-0.1, -0.05) is 27.5 Å². The molecule has 10 heteroatoms. The van der Waals surface area contributed by atoms with E-state index in [-0.39, 0.29) is 28.7 Å². The molecule has 0 bridgehead atoms. The van der Waals surface area contributed by atoms with Crippen molar-refractivity contribution in [1.29, 1.82) is 0 Å². The van der Waals surface area contributed by atoms with Crippen LogP contribution in [-0.2, 0) is 6.54 Å². The summed E-state index contributed by atoms with van der Waals surface area (Å²) in [5.41, 5.74) is 0.966. The summed E-state index contributed by atoms with van der Waals surface area (Å²) in [4.78, 5) is 35.3. The number of benzene rings is 2. The molecule has 1 aromatic heterocycles. The molecular formula is C31H33BrClNO7. The third kappa shape index (κ3) is 9.10. The van der Waals surface area contributed by atoms with Gasteiger partial charge in [0.25, 0.3) is 0 Å².